The number of nitrogens with two attached hydrogens (primary N) is 1. The molecule has 3 rings (SSSR count). The summed E-state index contributed by atoms with van der Waals surface area (Å²) in [6, 6.07) is 8.30. The van der Waals surface area contributed by atoms with Crippen LogP contribution in [0.15, 0.2) is 41.6 Å². The molecule has 27 heavy (non-hydrogen) atoms. The van der Waals surface area contributed by atoms with Crippen molar-refractivity contribution in [1.29, 1.82) is 0 Å². The van der Waals surface area contributed by atoms with E-state index in [1.165, 1.54) is 29.3 Å². The number of oxime groups is 1. The monoisotopic (exact) mass is 437 g/mol. The Labute approximate surface area is 168 Å². The summed E-state index contributed by atoms with van der Waals surface area (Å²) in [5.74, 6) is 5.70. The van der Waals surface area contributed by atoms with Gasteiger partial charge in [0.1, 0.15) is 0 Å². The highest BCUT2D eigenvalue weighted by Gasteiger charge is 2.62. The summed E-state index contributed by atoms with van der Waals surface area (Å²) in [6.07, 6.45) is -5.31. The van der Waals surface area contributed by atoms with Crippen LogP contribution >= 0.6 is 34.8 Å². The average Bonchev–Trinajstić information content (AvgIpc) is 3.00. The first-order valence-electron chi connectivity index (χ1n) is 7.60. The van der Waals surface area contributed by atoms with Crippen molar-refractivity contribution in [2.45, 2.75) is 18.2 Å². The van der Waals surface area contributed by atoms with Gasteiger partial charge in [-0.15, -0.1) is 0 Å². The number of hydrogen-bond acceptors (Lipinski definition) is 4. The summed E-state index contributed by atoms with van der Waals surface area (Å²) in [7, 11) is 1.56. The maximum absolute atomic E-state index is 14.0. The van der Waals surface area contributed by atoms with E-state index in [-0.39, 0.29) is 21.3 Å². The summed E-state index contributed by atoms with van der Waals surface area (Å²) >= 11 is 17.8. The topological polar surface area (TPSA) is 50.8 Å². The van der Waals surface area contributed by atoms with E-state index >= 15 is 0 Å². The highest BCUT2D eigenvalue weighted by Crippen LogP contribution is 2.49. The molecule has 1 atom stereocenters. The normalized spacial score (nSPS) is 19.6. The van der Waals surface area contributed by atoms with Gasteiger partial charge in [0.15, 0.2) is 0 Å². The molecule has 2 aromatic carbocycles. The number of hydrazine groups is 1. The second kappa shape index (κ2) is 7.05. The average molecular weight is 439 g/mol. The lowest BCUT2D eigenvalue weighted by Gasteiger charge is -2.29. The second-order valence-corrected chi connectivity index (χ2v) is 7.35. The van der Waals surface area contributed by atoms with Gasteiger partial charge in [0.05, 0.1) is 16.4 Å². The van der Waals surface area contributed by atoms with Crippen LogP contribution in [0.5, 0.6) is 0 Å². The first-order chi connectivity index (χ1) is 12.5. The van der Waals surface area contributed by atoms with Crippen LogP contribution in [0, 0.1) is 0 Å². The molecule has 0 saturated heterocycles. The predicted octanol–water partition coefficient (Wildman–Crippen LogP) is 5.54. The first kappa shape index (κ1) is 20.1. The van der Waals surface area contributed by atoms with Crippen molar-refractivity contribution in [2.75, 3.05) is 12.1 Å². The van der Waals surface area contributed by atoms with Gasteiger partial charge >= 0.3 is 6.18 Å². The Morgan fingerprint density at radius 2 is 1.74 bits per heavy atom. The fourth-order valence-electron chi connectivity index (χ4n) is 2.81. The third-order valence-corrected chi connectivity index (χ3v) is 4.93. The van der Waals surface area contributed by atoms with Crippen LogP contribution in [0.4, 0.5) is 18.9 Å². The van der Waals surface area contributed by atoms with Gasteiger partial charge < -0.3 is 9.85 Å². The van der Waals surface area contributed by atoms with E-state index in [0.29, 0.717) is 16.3 Å². The molecule has 1 aliphatic rings. The fraction of sp³-hybridized carbons (Fsp3) is 0.235. The molecule has 0 radical (unpaired) electrons. The number of benzene rings is 2. The molecule has 1 aliphatic heterocycles. The van der Waals surface area contributed by atoms with Crippen LogP contribution in [0.2, 0.25) is 15.1 Å². The molecule has 144 valence electrons. The van der Waals surface area contributed by atoms with Gasteiger partial charge in [0, 0.05) is 34.6 Å². The zero-order valence-corrected chi connectivity index (χ0v) is 16.1. The van der Waals surface area contributed by atoms with Crippen molar-refractivity contribution in [3.63, 3.8) is 0 Å². The lowest BCUT2D eigenvalue weighted by Crippen LogP contribution is -2.42. The number of nitrogens with zero attached hydrogens (tertiary/aromatic N) is 2. The van der Waals surface area contributed by atoms with E-state index in [9.17, 15) is 13.2 Å². The van der Waals surface area contributed by atoms with Crippen LogP contribution < -0.4 is 10.9 Å². The lowest BCUT2D eigenvalue weighted by atomic mass is 9.86. The number of hydrogen-bond donors (Lipinski definition) is 1. The third kappa shape index (κ3) is 3.69. The van der Waals surface area contributed by atoms with Crippen LogP contribution in [-0.4, -0.2) is 18.9 Å². The van der Waals surface area contributed by atoms with E-state index in [1.807, 2.05) is 0 Å². The fourth-order valence-corrected chi connectivity index (χ4v) is 3.58. The zero-order valence-electron chi connectivity index (χ0n) is 13.8. The quantitative estimate of drug-likeness (QED) is 0.506. The molecule has 0 aromatic heterocycles. The summed E-state index contributed by atoms with van der Waals surface area (Å²) in [4.78, 5) is 4.97. The minimum absolute atomic E-state index is 0.0664. The van der Waals surface area contributed by atoms with Gasteiger partial charge in [0.25, 0.3) is 5.60 Å². The molecule has 2 aromatic rings. The Balaban J connectivity index is 2.04. The highest BCUT2D eigenvalue weighted by atomic mass is 35.5. The Kier molecular flexibility index (Phi) is 5.24. The standard InChI is InChI=1S/C17H13Cl3F3N3O/c1-26(24)15-4-9(2-3-13(15)20)14-8-16(27-25-14,17(21,22)23)10-5-11(18)7-12(19)6-10/h2-7H,8,24H2,1H3. The molecule has 0 saturated carbocycles. The minimum atomic E-state index is -4.76. The highest BCUT2D eigenvalue weighted by molar-refractivity contribution is 6.34. The van der Waals surface area contributed by atoms with E-state index in [4.69, 9.17) is 45.5 Å². The van der Waals surface area contributed by atoms with Crippen LogP contribution in [0.1, 0.15) is 17.5 Å². The number of rotatable bonds is 3. The summed E-state index contributed by atoms with van der Waals surface area (Å²) in [5, 5.41) is 5.45. The smallest absolute Gasteiger partial charge is 0.374 e. The van der Waals surface area contributed by atoms with Crippen molar-refractivity contribution in [3.8, 4) is 0 Å². The Hall–Kier alpha value is -1.67. The Bertz CT molecular complexity index is 898. The van der Waals surface area contributed by atoms with Gasteiger partial charge in [0.2, 0.25) is 0 Å². The molecule has 0 spiro atoms. The maximum atomic E-state index is 14.0. The zero-order chi connectivity index (χ0) is 20.0. The van der Waals surface area contributed by atoms with Gasteiger partial charge in [-0.2, -0.15) is 13.2 Å². The maximum Gasteiger partial charge on any atom is 0.435 e. The van der Waals surface area contributed by atoms with Gasteiger partial charge in [-0.1, -0.05) is 46.0 Å². The molecule has 1 heterocycles. The predicted molar refractivity (Wildman–Crippen MR) is 100 cm³/mol. The molecule has 10 heteroatoms. The van der Waals surface area contributed by atoms with E-state index in [1.54, 1.807) is 19.2 Å². The van der Waals surface area contributed by atoms with Gasteiger partial charge in [-0.3, -0.25) is 0 Å². The van der Waals surface area contributed by atoms with Crippen molar-refractivity contribution < 1.29 is 18.0 Å². The minimum Gasteiger partial charge on any atom is -0.374 e. The van der Waals surface area contributed by atoms with E-state index in [0.717, 1.165) is 0 Å². The number of halogens is 6. The molecule has 4 nitrogen and oxygen atoms in total. The molecule has 0 amide bonds. The Morgan fingerprint density at radius 3 is 2.30 bits per heavy atom. The second-order valence-electron chi connectivity index (χ2n) is 6.07. The molecule has 2 N–H and O–H groups in total. The molecule has 1 unspecified atom stereocenters. The van der Waals surface area contributed by atoms with Crippen molar-refractivity contribution in [2.24, 2.45) is 11.0 Å². The van der Waals surface area contributed by atoms with Gasteiger partial charge in [-0.25, -0.2) is 5.84 Å². The summed E-state index contributed by atoms with van der Waals surface area (Å²) in [6.45, 7) is 0. The van der Waals surface area contributed by atoms with Crippen LogP contribution in [-0.2, 0) is 10.4 Å². The molecule has 0 fully saturated rings. The van der Waals surface area contributed by atoms with E-state index in [2.05, 4.69) is 5.16 Å². The van der Waals surface area contributed by atoms with Crippen LogP contribution in [0.25, 0.3) is 0 Å². The lowest BCUT2D eigenvalue weighted by molar-refractivity contribution is -0.275. The van der Waals surface area contributed by atoms with Crippen molar-refractivity contribution >= 4 is 46.2 Å². The first-order valence-corrected chi connectivity index (χ1v) is 8.73. The molecule has 0 aliphatic carbocycles. The summed E-state index contributed by atoms with van der Waals surface area (Å²) < 4.78 is 42.0. The Morgan fingerprint density at radius 1 is 1.11 bits per heavy atom. The molecular formula is C17H13Cl3F3N3O. The molecular weight excluding hydrogens is 426 g/mol. The van der Waals surface area contributed by atoms with Crippen molar-refractivity contribution in [1.82, 2.24) is 0 Å². The third-order valence-electron chi connectivity index (χ3n) is 4.17. The SMILES string of the molecule is CN(N)c1cc(C2=NOC(c3cc(Cl)cc(Cl)c3)(C(F)(F)F)C2)ccc1Cl. The largest absolute Gasteiger partial charge is 0.435 e. The van der Waals surface area contributed by atoms with E-state index < -0.39 is 18.2 Å². The van der Waals surface area contributed by atoms with Crippen LogP contribution in [0.3, 0.4) is 0 Å². The van der Waals surface area contributed by atoms with Gasteiger partial charge in [-0.05, 0) is 30.3 Å². The number of alkyl halides is 3. The van der Waals surface area contributed by atoms with Crippen molar-refractivity contribution in [3.05, 3.63) is 62.6 Å². The molecule has 0 bridgehead atoms. The summed E-state index contributed by atoms with van der Waals surface area (Å²) in [5.41, 5.74) is -1.97. The number of anilines is 1.